The number of carbonyl (C=O) groups excluding carboxylic acids is 1. The van der Waals surface area contributed by atoms with E-state index in [2.05, 4.69) is 67.8 Å². The molecule has 1 amide bonds. The monoisotopic (exact) mass is 975 g/mol. The van der Waals surface area contributed by atoms with Crippen molar-refractivity contribution in [3.8, 4) is 0 Å². The van der Waals surface area contributed by atoms with E-state index in [0.29, 0.717) is 17.4 Å². The Hall–Kier alpha value is -1.80. The minimum atomic E-state index is -4.59. The van der Waals surface area contributed by atoms with Crippen LogP contribution >= 0.6 is 7.82 Å². The van der Waals surface area contributed by atoms with Crippen molar-refractivity contribution in [3.05, 3.63) is 60.8 Å². The van der Waals surface area contributed by atoms with E-state index in [1.807, 2.05) is 27.2 Å². The lowest BCUT2D eigenvalue weighted by Gasteiger charge is -2.29. The first kappa shape index (κ1) is 66.2. The summed E-state index contributed by atoms with van der Waals surface area (Å²) in [5.74, 6) is -0.208. The number of phosphoric ester groups is 1. The molecule has 0 heterocycles. The summed E-state index contributed by atoms with van der Waals surface area (Å²) in [6, 6.07) is -0.901. The van der Waals surface area contributed by atoms with Gasteiger partial charge in [-0.2, -0.15) is 0 Å². The molecule has 0 aliphatic heterocycles. The van der Waals surface area contributed by atoms with E-state index in [9.17, 15) is 19.4 Å². The zero-order chi connectivity index (χ0) is 49.9. The minimum absolute atomic E-state index is 0.00675. The average Bonchev–Trinajstić information content (AvgIpc) is 3.30. The number of likely N-dealkylation sites (N-methyl/N-ethyl adjacent to an activating group) is 1. The normalized spacial score (nSPS) is 14.4. The number of nitrogens with zero attached hydrogens (tertiary/aromatic N) is 1. The van der Waals surface area contributed by atoms with Gasteiger partial charge in [-0.25, -0.2) is 0 Å². The SMILES string of the molecule is CCCCC/C=C/CC/C=C/C(O)C(COP(=O)([O-])OCC[N+](C)(C)C)NC(=O)CCCCCCCCCCCCCCCCCCCCCCCC/C=C\C/C=C\C/C=C\CCCCCCC. The van der Waals surface area contributed by atoms with Crippen molar-refractivity contribution in [2.75, 3.05) is 40.9 Å². The van der Waals surface area contributed by atoms with Crippen molar-refractivity contribution >= 4 is 13.7 Å². The van der Waals surface area contributed by atoms with Crippen molar-refractivity contribution in [1.29, 1.82) is 0 Å². The summed E-state index contributed by atoms with van der Waals surface area (Å²) in [4.78, 5) is 25.3. The highest BCUT2D eigenvalue weighted by molar-refractivity contribution is 7.45. The van der Waals surface area contributed by atoms with Crippen molar-refractivity contribution in [2.24, 2.45) is 0 Å². The second kappa shape index (κ2) is 50.2. The number of amides is 1. The summed E-state index contributed by atoms with van der Waals surface area (Å²) in [5.41, 5.74) is 0. The quantitative estimate of drug-likeness (QED) is 0.0272. The molecule has 0 aliphatic rings. The molecule has 0 aromatic rings. The van der Waals surface area contributed by atoms with Crippen LogP contribution in [0, 0.1) is 0 Å². The van der Waals surface area contributed by atoms with Gasteiger partial charge in [0.1, 0.15) is 13.2 Å². The van der Waals surface area contributed by atoms with E-state index in [1.54, 1.807) is 6.08 Å². The Morgan fingerprint density at radius 2 is 0.868 bits per heavy atom. The topological polar surface area (TPSA) is 108 Å². The first-order valence-corrected chi connectivity index (χ1v) is 30.1. The number of carbonyl (C=O) groups is 1. The Morgan fingerprint density at radius 3 is 1.32 bits per heavy atom. The predicted molar refractivity (Wildman–Crippen MR) is 293 cm³/mol. The van der Waals surface area contributed by atoms with Crippen LogP contribution in [-0.2, 0) is 18.4 Å². The van der Waals surface area contributed by atoms with Crippen LogP contribution in [0.4, 0.5) is 0 Å². The van der Waals surface area contributed by atoms with Crippen molar-refractivity contribution < 1.29 is 32.9 Å². The number of aliphatic hydroxyl groups excluding tert-OH is 1. The van der Waals surface area contributed by atoms with E-state index in [1.165, 1.54) is 186 Å². The lowest BCUT2D eigenvalue weighted by atomic mass is 10.0. The summed E-state index contributed by atoms with van der Waals surface area (Å²) in [6.07, 6.45) is 67.7. The number of nitrogens with one attached hydrogen (secondary N) is 1. The molecule has 0 bridgehead atoms. The highest BCUT2D eigenvalue weighted by atomic mass is 31.2. The van der Waals surface area contributed by atoms with Crippen molar-refractivity contribution in [1.82, 2.24) is 5.32 Å². The van der Waals surface area contributed by atoms with Gasteiger partial charge in [0, 0.05) is 6.42 Å². The molecule has 3 unspecified atom stereocenters. The number of hydrogen-bond acceptors (Lipinski definition) is 6. The molecule has 9 heteroatoms. The Bertz CT molecular complexity index is 1290. The third-order valence-corrected chi connectivity index (χ3v) is 13.7. The molecule has 3 atom stereocenters. The molecule has 0 aromatic carbocycles. The molecule has 0 spiro atoms. The Balaban J connectivity index is 3.86. The minimum Gasteiger partial charge on any atom is -0.756 e. The van der Waals surface area contributed by atoms with Gasteiger partial charge in [-0.15, -0.1) is 0 Å². The zero-order valence-electron chi connectivity index (χ0n) is 45.3. The van der Waals surface area contributed by atoms with Crippen LogP contribution < -0.4 is 10.2 Å². The number of allylic oxidation sites excluding steroid dienone is 9. The third-order valence-electron chi connectivity index (χ3n) is 12.7. The van der Waals surface area contributed by atoms with Gasteiger partial charge in [-0.05, 0) is 70.6 Å². The predicted octanol–water partition coefficient (Wildman–Crippen LogP) is 16.7. The first-order valence-electron chi connectivity index (χ1n) is 28.7. The number of aliphatic hydroxyl groups is 1. The molecule has 0 saturated heterocycles. The Labute approximate surface area is 422 Å². The summed E-state index contributed by atoms with van der Waals surface area (Å²) in [5, 5.41) is 13.7. The van der Waals surface area contributed by atoms with Crippen LogP contribution in [0.15, 0.2) is 60.8 Å². The Kier molecular flexibility index (Phi) is 48.8. The fraction of sp³-hybridized carbons (Fsp3) is 0.814. The fourth-order valence-corrected chi connectivity index (χ4v) is 8.90. The molecular formula is C59H111N2O6P. The van der Waals surface area contributed by atoms with Gasteiger partial charge in [-0.3, -0.25) is 9.36 Å². The van der Waals surface area contributed by atoms with Crippen LogP contribution in [0.2, 0.25) is 0 Å². The smallest absolute Gasteiger partial charge is 0.268 e. The number of hydrogen-bond donors (Lipinski definition) is 2. The molecule has 68 heavy (non-hydrogen) atoms. The Morgan fingerprint density at radius 1 is 0.515 bits per heavy atom. The van der Waals surface area contributed by atoms with Crippen LogP contribution in [0.5, 0.6) is 0 Å². The van der Waals surface area contributed by atoms with Gasteiger partial charge in [0.2, 0.25) is 5.91 Å². The summed E-state index contributed by atoms with van der Waals surface area (Å²) in [6.45, 7) is 4.56. The first-order chi connectivity index (χ1) is 33.0. The maximum atomic E-state index is 12.9. The molecule has 0 saturated carbocycles. The van der Waals surface area contributed by atoms with Gasteiger partial charge in [0.05, 0.1) is 39.9 Å². The van der Waals surface area contributed by atoms with E-state index in [0.717, 1.165) is 51.4 Å². The molecule has 0 aromatic heterocycles. The average molecular weight is 976 g/mol. The standard InChI is InChI=1S/C59H111N2O6P/c1-6-8-10-12-14-16-17-18-19-20-21-22-23-24-25-26-27-28-29-30-31-32-33-34-35-36-37-38-39-40-41-42-43-45-47-49-51-53-59(63)60-57(56-67-68(64,65)66-55-54-61(3,4)5)58(62)52-50-48-46-44-15-13-11-9-7-2/h15,17-18,20-21,23-24,44,50,52,57-58,62H,6-14,16,19,22,25-43,45-49,51,53-56H2,1-5H3,(H-,60,63,64,65)/b18-17-,21-20-,24-23-,44-15+,52-50+. The lowest BCUT2D eigenvalue weighted by molar-refractivity contribution is -0.870. The third kappa shape index (κ3) is 52.0. The zero-order valence-corrected chi connectivity index (χ0v) is 46.2. The molecule has 0 fully saturated rings. The summed E-state index contributed by atoms with van der Waals surface area (Å²) < 4.78 is 23.2. The molecular weight excluding hydrogens is 864 g/mol. The van der Waals surface area contributed by atoms with Crippen molar-refractivity contribution in [3.63, 3.8) is 0 Å². The van der Waals surface area contributed by atoms with E-state index in [4.69, 9.17) is 9.05 Å². The number of quaternary nitrogens is 1. The number of phosphoric acid groups is 1. The maximum absolute atomic E-state index is 12.9. The van der Waals surface area contributed by atoms with Gasteiger partial charge in [-0.1, -0.05) is 242 Å². The molecule has 0 rings (SSSR count). The van der Waals surface area contributed by atoms with Crippen LogP contribution in [-0.4, -0.2) is 68.5 Å². The van der Waals surface area contributed by atoms with Gasteiger partial charge in [0.25, 0.3) is 7.82 Å². The summed E-state index contributed by atoms with van der Waals surface area (Å²) >= 11 is 0. The molecule has 8 nitrogen and oxygen atoms in total. The van der Waals surface area contributed by atoms with Crippen LogP contribution in [0.1, 0.15) is 258 Å². The molecule has 0 aliphatic carbocycles. The fourth-order valence-electron chi connectivity index (χ4n) is 8.18. The van der Waals surface area contributed by atoms with Gasteiger partial charge in [0.15, 0.2) is 0 Å². The maximum Gasteiger partial charge on any atom is 0.268 e. The van der Waals surface area contributed by atoms with Crippen LogP contribution in [0.25, 0.3) is 0 Å². The largest absolute Gasteiger partial charge is 0.756 e. The van der Waals surface area contributed by atoms with Gasteiger partial charge >= 0.3 is 0 Å². The molecule has 2 N–H and O–H groups in total. The second-order valence-corrected chi connectivity index (χ2v) is 22.0. The summed E-state index contributed by atoms with van der Waals surface area (Å²) in [7, 11) is 1.24. The van der Waals surface area contributed by atoms with Gasteiger partial charge < -0.3 is 28.8 Å². The van der Waals surface area contributed by atoms with E-state index < -0.39 is 26.6 Å². The second-order valence-electron chi connectivity index (χ2n) is 20.6. The number of unbranched alkanes of at least 4 members (excludes halogenated alkanes) is 31. The van der Waals surface area contributed by atoms with E-state index >= 15 is 0 Å². The molecule has 398 valence electrons. The number of rotatable bonds is 52. The van der Waals surface area contributed by atoms with E-state index in [-0.39, 0.29) is 12.5 Å². The van der Waals surface area contributed by atoms with Crippen molar-refractivity contribution in [2.45, 2.75) is 270 Å². The highest BCUT2D eigenvalue weighted by Crippen LogP contribution is 2.38. The van der Waals surface area contributed by atoms with Crippen LogP contribution in [0.3, 0.4) is 0 Å². The highest BCUT2D eigenvalue weighted by Gasteiger charge is 2.23. The molecule has 0 radical (unpaired) electrons. The lowest BCUT2D eigenvalue weighted by Crippen LogP contribution is -2.45.